The monoisotopic (exact) mass is 290 g/mol. The van der Waals surface area contributed by atoms with E-state index in [2.05, 4.69) is 55.3 Å². The highest BCUT2D eigenvalue weighted by Gasteiger charge is 2.26. The quantitative estimate of drug-likeness (QED) is 0.795. The van der Waals surface area contributed by atoms with Gasteiger partial charge in [-0.1, -0.05) is 19.1 Å². The first-order valence-corrected chi connectivity index (χ1v) is 8.37. The molecule has 1 aromatic carbocycles. The fraction of sp³-hybridized carbons (Fsp3) is 0.667. The van der Waals surface area contributed by atoms with Gasteiger partial charge in [-0.25, -0.2) is 0 Å². The minimum absolute atomic E-state index is 0.521. The molecule has 0 amide bonds. The van der Waals surface area contributed by atoms with Gasteiger partial charge in [-0.05, 0) is 50.9 Å². The number of hydrogen-bond donors (Lipinski definition) is 1. The number of aryl methyl sites for hydroxylation is 1. The van der Waals surface area contributed by atoms with E-state index in [0.29, 0.717) is 12.0 Å². The molecule has 3 nitrogen and oxygen atoms in total. The van der Waals surface area contributed by atoms with Crippen LogP contribution >= 0.6 is 0 Å². The normalized spacial score (nSPS) is 19.7. The van der Waals surface area contributed by atoms with E-state index in [4.69, 9.17) is 4.74 Å². The van der Waals surface area contributed by atoms with Gasteiger partial charge in [0.25, 0.3) is 0 Å². The van der Waals surface area contributed by atoms with E-state index >= 15 is 0 Å². The Bertz CT molecular complexity index is 415. The number of benzene rings is 1. The second-order valence-electron chi connectivity index (χ2n) is 6.06. The molecule has 2 unspecified atom stereocenters. The summed E-state index contributed by atoms with van der Waals surface area (Å²) in [5.74, 6) is 0.649. The van der Waals surface area contributed by atoms with Crippen molar-refractivity contribution >= 4 is 5.69 Å². The predicted octanol–water partition coefficient (Wildman–Crippen LogP) is 3.23. The molecule has 2 rings (SSSR count). The van der Waals surface area contributed by atoms with E-state index < -0.39 is 0 Å². The standard InChI is InChI=1S/C18H30N2O/c1-4-10-19-18(16-9-11-21-14-16)13-20(5-2)17-8-6-7-15(3)12-17/h6-8,12,16,18-19H,4-5,9-11,13-14H2,1-3H3. The summed E-state index contributed by atoms with van der Waals surface area (Å²) in [6, 6.07) is 9.34. The third kappa shape index (κ3) is 4.72. The molecule has 1 aliphatic rings. The summed E-state index contributed by atoms with van der Waals surface area (Å²) in [4.78, 5) is 2.48. The number of nitrogens with one attached hydrogen (secondary N) is 1. The fourth-order valence-corrected chi connectivity index (χ4v) is 3.06. The van der Waals surface area contributed by atoms with Crippen molar-refractivity contribution < 1.29 is 4.74 Å². The minimum Gasteiger partial charge on any atom is -0.381 e. The highest BCUT2D eigenvalue weighted by atomic mass is 16.5. The summed E-state index contributed by atoms with van der Waals surface area (Å²) in [6.45, 7) is 11.7. The van der Waals surface area contributed by atoms with Crippen LogP contribution in [0.1, 0.15) is 32.3 Å². The van der Waals surface area contributed by atoms with Gasteiger partial charge in [0.05, 0.1) is 6.61 Å². The van der Waals surface area contributed by atoms with Crippen LogP contribution in [-0.2, 0) is 4.74 Å². The maximum absolute atomic E-state index is 5.60. The van der Waals surface area contributed by atoms with Crippen molar-refractivity contribution in [2.24, 2.45) is 5.92 Å². The predicted molar refractivity (Wildman–Crippen MR) is 90.1 cm³/mol. The van der Waals surface area contributed by atoms with E-state index in [1.165, 1.54) is 24.1 Å². The zero-order valence-electron chi connectivity index (χ0n) is 13.8. The molecule has 0 aromatic heterocycles. The number of anilines is 1. The van der Waals surface area contributed by atoms with E-state index in [-0.39, 0.29) is 0 Å². The number of rotatable bonds is 8. The molecule has 21 heavy (non-hydrogen) atoms. The highest BCUT2D eigenvalue weighted by Crippen LogP contribution is 2.21. The summed E-state index contributed by atoms with van der Waals surface area (Å²) in [7, 11) is 0. The maximum atomic E-state index is 5.60. The van der Waals surface area contributed by atoms with Crippen LogP contribution in [0.25, 0.3) is 0 Å². The molecule has 0 aliphatic carbocycles. The zero-order chi connectivity index (χ0) is 15.1. The van der Waals surface area contributed by atoms with Crippen LogP contribution in [0.4, 0.5) is 5.69 Å². The second-order valence-corrected chi connectivity index (χ2v) is 6.06. The van der Waals surface area contributed by atoms with Gasteiger partial charge < -0.3 is 15.0 Å². The molecular weight excluding hydrogens is 260 g/mol. The Balaban J connectivity index is 2.04. The lowest BCUT2D eigenvalue weighted by atomic mass is 9.98. The van der Waals surface area contributed by atoms with Crippen molar-refractivity contribution in [1.82, 2.24) is 5.32 Å². The second kappa shape index (κ2) is 8.40. The Kier molecular flexibility index (Phi) is 6.52. The van der Waals surface area contributed by atoms with Crippen LogP contribution in [0.2, 0.25) is 0 Å². The van der Waals surface area contributed by atoms with Gasteiger partial charge in [-0.3, -0.25) is 0 Å². The van der Waals surface area contributed by atoms with Crippen LogP contribution in [0.15, 0.2) is 24.3 Å². The molecule has 3 heteroatoms. The Hall–Kier alpha value is -1.06. The molecule has 0 bridgehead atoms. The van der Waals surface area contributed by atoms with Crippen LogP contribution in [0.3, 0.4) is 0 Å². The van der Waals surface area contributed by atoms with Crippen molar-refractivity contribution in [2.75, 3.05) is 37.7 Å². The van der Waals surface area contributed by atoms with Gasteiger partial charge in [0, 0.05) is 37.3 Å². The van der Waals surface area contributed by atoms with Gasteiger partial charge >= 0.3 is 0 Å². The van der Waals surface area contributed by atoms with Crippen molar-refractivity contribution in [2.45, 2.75) is 39.7 Å². The first-order chi connectivity index (χ1) is 10.2. The van der Waals surface area contributed by atoms with Crippen molar-refractivity contribution in [3.05, 3.63) is 29.8 Å². The summed E-state index contributed by atoms with van der Waals surface area (Å²) >= 11 is 0. The van der Waals surface area contributed by atoms with E-state index in [0.717, 1.165) is 32.8 Å². The molecule has 2 atom stereocenters. The lowest BCUT2D eigenvalue weighted by Gasteiger charge is -2.32. The lowest BCUT2D eigenvalue weighted by molar-refractivity contribution is 0.177. The number of likely N-dealkylation sites (N-methyl/N-ethyl adjacent to an activating group) is 1. The molecule has 0 saturated carbocycles. The Morgan fingerprint density at radius 2 is 2.24 bits per heavy atom. The van der Waals surface area contributed by atoms with Gasteiger partial charge in [-0.2, -0.15) is 0 Å². The Morgan fingerprint density at radius 1 is 1.38 bits per heavy atom. The smallest absolute Gasteiger partial charge is 0.0510 e. The third-order valence-corrected chi connectivity index (χ3v) is 4.36. The lowest BCUT2D eigenvalue weighted by Crippen LogP contribution is -2.46. The van der Waals surface area contributed by atoms with E-state index in [1.54, 1.807) is 0 Å². The average molecular weight is 290 g/mol. The number of ether oxygens (including phenoxy) is 1. The van der Waals surface area contributed by atoms with Crippen molar-refractivity contribution in [3.8, 4) is 0 Å². The van der Waals surface area contributed by atoms with E-state index in [1.807, 2.05) is 0 Å². The summed E-state index contributed by atoms with van der Waals surface area (Å²) < 4.78 is 5.60. The summed E-state index contributed by atoms with van der Waals surface area (Å²) in [5.41, 5.74) is 2.66. The van der Waals surface area contributed by atoms with Crippen LogP contribution in [0, 0.1) is 12.8 Å². The van der Waals surface area contributed by atoms with Gasteiger partial charge in [0.15, 0.2) is 0 Å². The third-order valence-electron chi connectivity index (χ3n) is 4.36. The Labute approximate surface area is 129 Å². The van der Waals surface area contributed by atoms with E-state index in [9.17, 15) is 0 Å². The fourth-order valence-electron chi connectivity index (χ4n) is 3.06. The van der Waals surface area contributed by atoms with Gasteiger partial charge in [0.1, 0.15) is 0 Å². The average Bonchev–Trinajstić information content (AvgIpc) is 3.02. The number of hydrogen-bond acceptors (Lipinski definition) is 3. The molecule has 1 aliphatic heterocycles. The molecule has 1 saturated heterocycles. The molecule has 0 radical (unpaired) electrons. The number of nitrogens with zero attached hydrogens (tertiary/aromatic N) is 1. The molecule has 1 aromatic rings. The topological polar surface area (TPSA) is 24.5 Å². The van der Waals surface area contributed by atoms with Crippen LogP contribution < -0.4 is 10.2 Å². The first kappa shape index (κ1) is 16.3. The van der Waals surface area contributed by atoms with Crippen molar-refractivity contribution in [1.29, 1.82) is 0 Å². The Morgan fingerprint density at radius 3 is 2.86 bits per heavy atom. The highest BCUT2D eigenvalue weighted by molar-refractivity contribution is 5.48. The summed E-state index contributed by atoms with van der Waals surface area (Å²) in [5, 5.41) is 3.74. The SMILES string of the molecule is CCCNC(CN(CC)c1cccc(C)c1)C1CCOC1. The van der Waals surface area contributed by atoms with Crippen molar-refractivity contribution in [3.63, 3.8) is 0 Å². The minimum atomic E-state index is 0.521. The first-order valence-electron chi connectivity index (χ1n) is 8.37. The summed E-state index contributed by atoms with van der Waals surface area (Å²) in [6.07, 6.45) is 2.37. The van der Waals surface area contributed by atoms with Crippen LogP contribution in [-0.4, -0.2) is 38.9 Å². The molecule has 0 spiro atoms. The molecule has 118 valence electrons. The molecule has 1 N–H and O–H groups in total. The zero-order valence-corrected chi connectivity index (χ0v) is 13.8. The molecule has 1 fully saturated rings. The van der Waals surface area contributed by atoms with Gasteiger partial charge in [-0.15, -0.1) is 0 Å². The molecular formula is C18H30N2O. The molecule has 1 heterocycles. The van der Waals surface area contributed by atoms with Gasteiger partial charge in [0.2, 0.25) is 0 Å². The van der Waals surface area contributed by atoms with Crippen LogP contribution in [0.5, 0.6) is 0 Å². The maximum Gasteiger partial charge on any atom is 0.0510 e. The largest absolute Gasteiger partial charge is 0.381 e.